The van der Waals surface area contributed by atoms with Gasteiger partial charge in [-0.2, -0.15) is 0 Å². The first-order valence-electron chi connectivity index (χ1n) is 7.06. The van der Waals surface area contributed by atoms with Gasteiger partial charge in [0.25, 0.3) is 0 Å². The van der Waals surface area contributed by atoms with Crippen molar-refractivity contribution < 1.29 is 4.74 Å². The van der Waals surface area contributed by atoms with E-state index in [2.05, 4.69) is 17.0 Å². The predicted octanol–water partition coefficient (Wildman–Crippen LogP) is 2.68. The summed E-state index contributed by atoms with van der Waals surface area (Å²) in [5.41, 5.74) is 9.74. The van der Waals surface area contributed by atoms with Gasteiger partial charge in [0.15, 0.2) is 0 Å². The number of hydrogen-bond donors (Lipinski definition) is 2. The Morgan fingerprint density at radius 1 is 1.24 bits per heavy atom. The maximum atomic E-state index is 7.57. The fourth-order valence-electron chi connectivity index (χ4n) is 2.69. The van der Waals surface area contributed by atoms with Gasteiger partial charge >= 0.3 is 0 Å². The Kier molecular flexibility index (Phi) is 3.52. The molecule has 3 N–H and O–H groups in total. The number of rotatable bonds is 2. The van der Waals surface area contributed by atoms with Crippen molar-refractivity contribution in [1.29, 1.82) is 5.41 Å². The lowest BCUT2D eigenvalue weighted by molar-refractivity contribution is 0.331. The molecular formula is C17H19N3O. The van der Waals surface area contributed by atoms with E-state index in [0.29, 0.717) is 6.61 Å². The molecule has 1 heterocycles. The Bertz CT molecular complexity index is 681. The third-order valence-electron chi connectivity index (χ3n) is 3.82. The first-order valence-corrected chi connectivity index (χ1v) is 7.06. The smallest absolute Gasteiger partial charge is 0.124 e. The van der Waals surface area contributed by atoms with Crippen molar-refractivity contribution in [3.8, 4) is 5.75 Å². The molecule has 4 nitrogen and oxygen atoms in total. The lowest BCUT2D eigenvalue weighted by Crippen LogP contribution is -2.25. The minimum atomic E-state index is 0.114. The van der Waals surface area contributed by atoms with Gasteiger partial charge in [0.05, 0.1) is 6.54 Å². The summed E-state index contributed by atoms with van der Waals surface area (Å²) in [5, 5.41) is 7.57. The van der Waals surface area contributed by atoms with Crippen LogP contribution in [0.4, 0.5) is 5.69 Å². The summed E-state index contributed by atoms with van der Waals surface area (Å²) < 4.78 is 5.80. The summed E-state index contributed by atoms with van der Waals surface area (Å²) in [6, 6.07) is 14.2. The highest BCUT2D eigenvalue weighted by Crippen LogP contribution is 2.27. The highest BCUT2D eigenvalue weighted by atomic mass is 16.5. The summed E-state index contributed by atoms with van der Waals surface area (Å²) in [6.07, 6.45) is 0. The fraction of sp³-hybridized carbons (Fsp3) is 0.235. The topological polar surface area (TPSA) is 62.3 Å². The van der Waals surface area contributed by atoms with E-state index in [-0.39, 0.29) is 5.84 Å². The summed E-state index contributed by atoms with van der Waals surface area (Å²) in [6.45, 7) is 4.33. The van der Waals surface area contributed by atoms with Crippen LogP contribution < -0.4 is 15.4 Å². The number of nitrogens with two attached hydrogens (primary N) is 1. The van der Waals surface area contributed by atoms with Crippen LogP contribution in [0, 0.1) is 12.3 Å². The number of benzene rings is 2. The standard InChI is InChI=1S/C17H19N3O/c1-12-10-14(6-7-15(12)17(18)19)20-8-9-21-16-5-3-2-4-13(16)11-20/h2-7,10H,8-9,11H2,1H3,(H3,18,19). The highest BCUT2D eigenvalue weighted by molar-refractivity contribution is 5.96. The van der Waals surface area contributed by atoms with E-state index in [1.807, 2.05) is 37.3 Å². The van der Waals surface area contributed by atoms with Crippen molar-refractivity contribution in [2.45, 2.75) is 13.5 Å². The normalized spacial score (nSPS) is 14.0. The SMILES string of the molecule is Cc1cc(N2CCOc3ccccc3C2)ccc1C(=N)N. The number of fused-ring (bicyclic) bond motifs is 1. The van der Waals surface area contributed by atoms with E-state index in [9.17, 15) is 0 Å². The van der Waals surface area contributed by atoms with E-state index in [1.54, 1.807) is 0 Å². The van der Waals surface area contributed by atoms with E-state index < -0.39 is 0 Å². The molecule has 108 valence electrons. The van der Waals surface area contributed by atoms with Gasteiger partial charge < -0.3 is 15.4 Å². The molecule has 0 unspecified atom stereocenters. The molecule has 1 aliphatic heterocycles. The largest absolute Gasteiger partial charge is 0.491 e. The second kappa shape index (κ2) is 5.48. The maximum absolute atomic E-state index is 7.57. The third-order valence-corrected chi connectivity index (χ3v) is 3.82. The zero-order valence-corrected chi connectivity index (χ0v) is 12.1. The summed E-state index contributed by atoms with van der Waals surface area (Å²) in [7, 11) is 0. The molecule has 4 heteroatoms. The molecule has 0 spiro atoms. The lowest BCUT2D eigenvalue weighted by atomic mass is 10.1. The molecule has 0 aliphatic carbocycles. The van der Waals surface area contributed by atoms with Crippen molar-refractivity contribution in [2.75, 3.05) is 18.1 Å². The van der Waals surface area contributed by atoms with Crippen LogP contribution in [0.2, 0.25) is 0 Å². The molecular weight excluding hydrogens is 262 g/mol. The highest BCUT2D eigenvalue weighted by Gasteiger charge is 2.16. The van der Waals surface area contributed by atoms with E-state index in [1.165, 1.54) is 5.56 Å². The summed E-state index contributed by atoms with van der Waals surface area (Å²) in [5.74, 6) is 1.08. The molecule has 2 aromatic carbocycles. The molecule has 0 bridgehead atoms. The molecule has 0 saturated heterocycles. The number of hydrogen-bond acceptors (Lipinski definition) is 3. The molecule has 0 aromatic heterocycles. The fourth-order valence-corrected chi connectivity index (χ4v) is 2.69. The molecule has 21 heavy (non-hydrogen) atoms. The minimum absolute atomic E-state index is 0.114. The van der Waals surface area contributed by atoms with Crippen LogP contribution in [0.1, 0.15) is 16.7 Å². The maximum Gasteiger partial charge on any atom is 0.124 e. The average Bonchev–Trinajstić information content (AvgIpc) is 2.68. The monoisotopic (exact) mass is 281 g/mol. The number of anilines is 1. The van der Waals surface area contributed by atoms with E-state index in [4.69, 9.17) is 15.9 Å². The van der Waals surface area contributed by atoms with Gasteiger partial charge in [-0.15, -0.1) is 0 Å². The van der Waals surface area contributed by atoms with Crippen molar-refractivity contribution >= 4 is 11.5 Å². The number of aryl methyl sites for hydroxylation is 1. The second-order valence-corrected chi connectivity index (χ2v) is 5.29. The molecule has 3 rings (SSSR count). The Morgan fingerprint density at radius 2 is 2.05 bits per heavy atom. The Balaban J connectivity index is 1.91. The van der Waals surface area contributed by atoms with Crippen LogP contribution in [0.5, 0.6) is 5.75 Å². The Hall–Kier alpha value is -2.49. The van der Waals surface area contributed by atoms with Crippen molar-refractivity contribution in [1.82, 2.24) is 0 Å². The van der Waals surface area contributed by atoms with Crippen molar-refractivity contribution in [3.63, 3.8) is 0 Å². The van der Waals surface area contributed by atoms with Gasteiger partial charge in [-0.05, 0) is 36.8 Å². The van der Waals surface area contributed by atoms with Gasteiger partial charge in [0.2, 0.25) is 0 Å². The van der Waals surface area contributed by atoms with Gasteiger partial charge in [-0.3, -0.25) is 5.41 Å². The lowest BCUT2D eigenvalue weighted by Gasteiger charge is -2.23. The van der Waals surface area contributed by atoms with Crippen molar-refractivity contribution in [3.05, 3.63) is 59.2 Å². The molecule has 0 fully saturated rings. The van der Waals surface area contributed by atoms with Crippen LogP contribution in [0.15, 0.2) is 42.5 Å². The second-order valence-electron chi connectivity index (χ2n) is 5.29. The van der Waals surface area contributed by atoms with E-state index >= 15 is 0 Å². The minimum Gasteiger partial charge on any atom is -0.491 e. The number of para-hydroxylation sites is 1. The first kappa shape index (κ1) is 13.5. The zero-order valence-electron chi connectivity index (χ0n) is 12.1. The number of nitrogen functional groups attached to an aromatic ring is 1. The first-order chi connectivity index (χ1) is 10.1. The van der Waals surface area contributed by atoms with E-state index in [0.717, 1.165) is 35.7 Å². The number of amidine groups is 1. The zero-order chi connectivity index (χ0) is 14.8. The van der Waals surface area contributed by atoms with Gasteiger partial charge in [-0.25, -0.2) is 0 Å². The molecule has 0 atom stereocenters. The summed E-state index contributed by atoms with van der Waals surface area (Å²) in [4.78, 5) is 2.29. The van der Waals surface area contributed by atoms with Gasteiger partial charge in [-0.1, -0.05) is 18.2 Å². The summed E-state index contributed by atoms with van der Waals surface area (Å²) >= 11 is 0. The van der Waals surface area contributed by atoms with Crippen LogP contribution in [0.3, 0.4) is 0 Å². The Morgan fingerprint density at radius 3 is 2.81 bits per heavy atom. The number of nitrogens with zero attached hydrogens (tertiary/aromatic N) is 1. The van der Waals surface area contributed by atoms with Gasteiger partial charge in [0.1, 0.15) is 18.2 Å². The van der Waals surface area contributed by atoms with Crippen LogP contribution >= 0.6 is 0 Å². The predicted molar refractivity (Wildman–Crippen MR) is 85.2 cm³/mol. The van der Waals surface area contributed by atoms with Crippen LogP contribution in [0.25, 0.3) is 0 Å². The molecule has 0 amide bonds. The Labute approximate surface area is 124 Å². The molecule has 0 radical (unpaired) electrons. The molecule has 0 saturated carbocycles. The number of ether oxygens (including phenoxy) is 1. The molecule has 1 aliphatic rings. The van der Waals surface area contributed by atoms with Crippen molar-refractivity contribution in [2.24, 2.45) is 5.73 Å². The van der Waals surface area contributed by atoms with Crippen LogP contribution in [-0.4, -0.2) is 19.0 Å². The van der Waals surface area contributed by atoms with Crippen LogP contribution in [-0.2, 0) is 6.54 Å². The average molecular weight is 281 g/mol. The van der Waals surface area contributed by atoms with Gasteiger partial charge in [0, 0.05) is 23.4 Å². The number of nitrogens with one attached hydrogen (secondary N) is 1. The third kappa shape index (κ3) is 2.70. The quantitative estimate of drug-likeness (QED) is 0.657. The molecule has 2 aromatic rings.